The maximum atomic E-state index is 9.65. The fraction of sp³-hybridized carbons (Fsp3) is 0.500. The minimum absolute atomic E-state index is 0.0259. The van der Waals surface area contributed by atoms with Crippen LogP contribution in [0, 0.1) is 11.3 Å². The molecule has 0 saturated heterocycles. The summed E-state index contributed by atoms with van der Waals surface area (Å²) >= 11 is 0. The number of allylic oxidation sites excluding steroid dienone is 1. The molecule has 96 valence electrons. The Morgan fingerprint density at radius 1 is 1.33 bits per heavy atom. The summed E-state index contributed by atoms with van der Waals surface area (Å²) in [6, 6.07) is 10.5. The number of ether oxygens (including phenoxy) is 1. The van der Waals surface area contributed by atoms with E-state index in [0.717, 1.165) is 25.9 Å². The van der Waals surface area contributed by atoms with Gasteiger partial charge < -0.3 is 9.84 Å². The molecule has 2 aliphatic rings. The van der Waals surface area contributed by atoms with Crippen molar-refractivity contribution in [3.05, 3.63) is 47.2 Å². The van der Waals surface area contributed by atoms with Gasteiger partial charge >= 0.3 is 0 Å². The number of aliphatic hydroxyl groups is 1. The minimum Gasteiger partial charge on any atom is -0.497 e. The fourth-order valence-electron chi connectivity index (χ4n) is 3.47. The summed E-state index contributed by atoms with van der Waals surface area (Å²) in [5, 5.41) is 9.65. The van der Waals surface area contributed by atoms with E-state index >= 15 is 0 Å². The van der Waals surface area contributed by atoms with Gasteiger partial charge in [-0.1, -0.05) is 37.3 Å². The van der Waals surface area contributed by atoms with Gasteiger partial charge in [0.1, 0.15) is 5.76 Å². The average molecular weight is 244 g/mol. The summed E-state index contributed by atoms with van der Waals surface area (Å²) in [6.07, 6.45) is 3.02. The maximum Gasteiger partial charge on any atom is 0.102 e. The highest BCUT2D eigenvalue weighted by atomic mass is 16.5. The smallest absolute Gasteiger partial charge is 0.102 e. The molecule has 1 aliphatic heterocycles. The summed E-state index contributed by atoms with van der Waals surface area (Å²) in [7, 11) is 0. The fourth-order valence-corrected chi connectivity index (χ4v) is 3.47. The first kappa shape index (κ1) is 11.8. The Morgan fingerprint density at radius 2 is 2.11 bits per heavy atom. The Labute approximate surface area is 108 Å². The van der Waals surface area contributed by atoms with Crippen molar-refractivity contribution in [3.63, 3.8) is 0 Å². The van der Waals surface area contributed by atoms with Crippen LogP contribution in [0.1, 0.15) is 25.3 Å². The second-order valence-electron chi connectivity index (χ2n) is 5.69. The Kier molecular flexibility index (Phi) is 2.90. The lowest BCUT2D eigenvalue weighted by molar-refractivity contribution is 0.0821. The van der Waals surface area contributed by atoms with Crippen molar-refractivity contribution in [2.24, 2.45) is 11.3 Å². The summed E-state index contributed by atoms with van der Waals surface area (Å²) < 4.78 is 5.87. The highest BCUT2D eigenvalue weighted by molar-refractivity contribution is 5.31. The Bertz CT molecular complexity index is 463. The topological polar surface area (TPSA) is 29.5 Å². The van der Waals surface area contributed by atoms with E-state index in [4.69, 9.17) is 4.74 Å². The lowest BCUT2D eigenvalue weighted by Gasteiger charge is -2.33. The average Bonchev–Trinajstić information content (AvgIpc) is 2.93. The Balaban J connectivity index is 1.91. The van der Waals surface area contributed by atoms with Crippen LogP contribution in [0.3, 0.4) is 0 Å². The molecule has 1 aromatic carbocycles. The molecule has 0 radical (unpaired) electrons. The molecule has 0 bridgehead atoms. The van der Waals surface area contributed by atoms with Crippen LogP contribution in [0.4, 0.5) is 0 Å². The Morgan fingerprint density at radius 3 is 2.83 bits per heavy atom. The molecule has 2 atom stereocenters. The largest absolute Gasteiger partial charge is 0.497 e. The van der Waals surface area contributed by atoms with E-state index in [-0.39, 0.29) is 12.0 Å². The third-order valence-corrected chi connectivity index (χ3v) is 4.52. The summed E-state index contributed by atoms with van der Waals surface area (Å²) in [4.78, 5) is 0. The molecule has 0 saturated carbocycles. The van der Waals surface area contributed by atoms with Crippen LogP contribution >= 0.6 is 0 Å². The van der Waals surface area contributed by atoms with Gasteiger partial charge in [-0.2, -0.15) is 0 Å². The van der Waals surface area contributed by atoms with E-state index in [1.165, 1.54) is 16.9 Å². The lowest BCUT2D eigenvalue weighted by atomic mass is 9.74. The molecule has 0 amide bonds. The Hall–Kier alpha value is -1.28. The number of rotatable bonds is 3. The van der Waals surface area contributed by atoms with Crippen molar-refractivity contribution in [2.45, 2.75) is 26.2 Å². The number of hydrogen-bond donors (Lipinski definition) is 1. The monoisotopic (exact) mass is 244 g/mol. The summed E-state index contributed by atoms with van der Waals surface area (Å²) in [6.45, 7) is 3.32. The molecule has 18 heavy (non-hydrogen) atoms. The van der Waals surface area contributed by atoms with Crippen molar-refractivity contribution in [1.29, 1.82) is 0 Å². The van der Waals surface area contributed by atoms with Crippen molar-refractivity contribution >= 4 is 0 Å². The first-order chi connectivity index (χ1) is 8.74. The van der Waals surface area contributed by atoms with E-state index in [2.05, 4.69) is 31.2 Å². The zero-order chi connectivity index (χ0) is 12.6. The standard InChI is InChI=1S/C16H20O2/c1-16(10-12-5-3-2-4-6-12)14(11-17)9-13-7-8-18-15(13)16/h2-6,14,17H,7-11H2,1H3/t14-,16-/m1/s1. The van der Waals surface area contributed by atoms with Crippen LogP contribution in [0.15, 0.2) is 41.7 Å². The van der Waals surface area contributed by atoms with Gasteiger partial charge in [0.2, 0.25) is 0 Å². The maximum absolute atomic E-state index is 9.65. The molecule has 3 rings (SSSR count). The van der Waals surface area contributed by atoms with Crippen LogP contribution in [0.5, 0.6) is 0 Å². The molecule has 1 N–H and O–H groups in total. The van der Waals surface area contributed by atoms with Crippen LogP contribution < -0.4 is 0 Å². The van der Waals surface area contributed by atoms with Crippen LogP contribution in [-0.2, 0) is 11.2 Å². The second-order valence-corrected chi connectivity index (χ2v) is 5.69. The molecule has 2 heteroatoms. The lowest BCUT2D eigenvalue weighted by Crippen LogP contribution is -2.31. The van der Waals surface area contributed by atoms with Gasteiger partial charge in [0.05, 0.1) is 6.61 Å². The number of aliphatic hydroxyl groups excluding tert-OH is 1. The minimum atomic E-state index is -0.0259. The predicted octanol–water partition coefficient (Wildman–Crippen LogP) is 2.92. The van der Waals surface area contributed by atoms with Crippen LogP contribution in [0.25, 0.3) is 0 Å². The first-order valence-corrected chi connectivity index (χ1v) is 6.74. The molecule has 2 nitrogen and oxygen atoms in total. The number of hydrogen-bond acceptors (Lipinski definition) is 2. The normalized spacial score (nSPS) is 30.4. The van der Waals surface area contributed by atoms with Gasteiger partial charge in [-0.05, 0) is 29.9 Å². The molecule has 1 aliphatic carbocycles. The van der Waals surface area contributed by atoms with E-state index < -0.39 is 0 Å². The molecular formula is C16H20O2. The van der Waals surface area contributed by atoms with E-state index in [1.807, 2.05) is 6.07 Å². The summed E-state index contributed by atoms with van der Waals surface area (Å²) in [5.74, 6) is 1.48. The molecule has 0 spiro atoms. The van der Waals surface area contributed by atoms with Crippen molar-refractivity contribution in [1.82, 2.24) is 0 Å². The third kappa shape index (κ3) is 1.76. The molecular weight excluding hydrogens is 224 g/mol. The zero-order valence-electron chi connectivity index (χ0n) is 10.9. The summed E-state index contributed by atoms with van der Waals surface area (Å²) in [5.41, 5.74) is 2.73. The first-order valence-electron chi connectivity index (χ1n) is 6.74. The number of benzene rings is 1. The van der Waals surface area contributed by atoms with Crippen LogP contribution in [0.2, 0.25) is 0 Å². The SMILES string of the molecule is C[C@]1(Cc2ccccc2)C2=C(CCO2)C[C@@H]1CO. The van der Waals surface area contributed by atoms with Gasteiger partial charge in [0.15, 0.2) is 0 Å². The second kappa shape index (κ2) is 4.43. The van der Waals surface area contributed by atoms with Crippen LogP contribution in [-0.4, -0.2) is 18.3 Å². The molecule has 1 heterocycles. The molecule has 0 fully saturated rings. The highest BCUT2D eigenvalue weighted by Crippen LogP contribution is 2.52. The quantitative estimate of drug-likeness (QED) is 0.886. The molecule has 0 aromatic heterocycles. The van der Waals surface area contributed by atoms with Gasteiger partial charge in [0.25, 0.3) is 0 Å². The van der Waals surface area contributed by atoms with Gasteiger partial charge in [-0.15, -0.1) is 0 Å². The highest BCUT2D eigenvalue weighted by Gasteiger charge is 2.47. The third-order valence-electron chi connectivity index (χ3n) is 4.52. The molecule has 0 unspecified atom stereocenters. The van der Waals surface area contributed by atoms with Crippen molar-refractivity contribution in [2.75, 3.05) is 13.2 Å². The van der Waals surface area contributed by atoms with E-state index in [1.54, 1.807) is 0 Å². The van der Waals surface area contributed by atoms with Gasteiger partial charge in [-0.3, -0.25) is 0 Å². The van der Waals surface area contributed by atoms with E-state index in [9.17, 15) is 5.11 Å². The van der Waals surface area contributed by atoms with Crippen molar-refractivity contribution < 1.29 is 9.84 Å². The van der Waals surface area contributed by atoms with Crippen molar-refractivity contribution in [3.8, 4) is 0 Å². The van der Waals surface area contributed by atoms with Gasteiger partial charge in [0, 0.05) is 18.4 Å². The zero-order valence-corrected chi connectivity index (χ0v) is 10.9. The molecule has 1 aromatic rings. The predicted molar refractivity (Wildman–Crippen MR) is 71.0 cm³/mol. The van der Waals surface area contributed by atoms with Gasteiger partial charge in [-0.25, -0.2) is 0 Å². The van der Waals surface area contributed by atoms with E-state index in [0.29, 0.717) is 5.92 Å².